The Morgan fingerprint density at radius 3 is 3.04 bits per heavy atom. The van der Waals surface area contributed by atoms with Gasteiger partial charge in [-0.3, -0.25) is 4.79 Å². The molecule has 3 heterocycles. The molecular formula is C16H19N7OS. The van der Waals surface area contributed by atoms with E-state index in [0.29, 0.717) is 17.5 Å². The number of nitrogens with two attached hydrogens (primary N) is 1. The number of carbonyl (C=O) groups is 1. The average Bonchev–Trinajstić information content (AvgIpc) is 3.25. The van der Waals surface area contributed by atoms with Crippen LogP contribution < -0.4 is 5.73 Å². The number of piperidine rings is 1. The molecule has 0 radical (unpaired) electrons. The highest BCUT2D eigenvalue weighted by Gasteiger charge is 2.26. The summed E-state index contributed by atoms with van der Waals surface area (Å²) in [7, 11) is 0. The first-order valence-electron chi connectivity index (χ1n) is 8.22. The fraction of sp³-hybridized carbons (Fsp3) is 0.375. The summed E-state index contributed by atoms with van der Waals surface area (Å²) >= 11 is 1.30. The van der Waals surface area contributed by atoms with E-state index >= 15 is 0 Å². The van der Waals surface area contributed by atoms with Crippen molar-refractivity contribution in [3.8, 4) is 0 Å². The van der Waals surface area contributed by atoms with Crippen LogP contribution in [0.3, 0.4) is 0 Å². The van der Waals surface area contributed by atoms with Gasteiger partial charge in [-0.15, -0.1) is 5.10 Å². The number of imidazole rings is 1. The molecule has 0 spiro atoms. The number of nitrogens with one attached hydrogen (secondary N) is 2. The molecule has 1 amide bonds. The van der Waals surface area contributed by atoms with Crippen molar-refractivity contribution in [2.45, 2.75) is 23.9 Å². The molecule has 4 rings (SSSR count). The van der Waals surface area contributed by atoms with Crippen LogP contribution in [0.2, 0.25) is 0 Å². The second-order valence-electron chi connectivity index (χ2n) is 6.11. The molecule has 25 heavy (non-hydrogen) atoms. The van der Waals surface area contributed by atoms with Crippen molar-refractivity contribution in [3.05, 3.63) is 30.1 Å². The number of nitrogen functional groups attached to an aromatic ring is 1. The molecule has 0 saturated carbocycles. The number of thioether (sulfide) groups is 1. The van der Waals surface area contributed by atoms with Gasteiger partial charge in [0.1, 0.15) is 5.82 Å². The molecular weight excluding hydrogens is 338 g/mol. The monoisotopic (exact) mass is 357 g/mol. The molecule has 1 aliphatic heterocycles. The third-order valence-corrected chi connectivity index (χ3v) is 5.21. The number of carbonyl (C=O) groups excluding carboxylic acids is 1. The van der Waals surface area contributed by atoms with Crippen molar-refractivity contribution < 1.29 is 4.79 Å². The third-order valence-electron chi connectivity index (χ3n) is 4.38. The summed E-state index contributed by atoms with van der Waals surface area (Å²) in [4.78, 5) is 26.5. The lowest BCUT2D eigenvalue weighted by Crippen LogP contribution is -2.40. The number of anilines is 1. The molecule has 0 aliphatic carbocycles. The maximum atomic E-state index is 12.5. The van der Waals surface area contributed by atoms with Gasteiger partial charge in [-0.05, 0) is 25.0 Å². The molecule has 1 aromatic carbocycles. The van der Waals surface area contributed by atoms with E-state index in [-0.39, 0.29) is 17.8 Å². The SMILES string of the molecule is Nc1nc(SCC(=O)N2CCC[C@H](c3nc4ccccc4[nH]3)C2)n[nH]1. The summed E-state index contributed by atoms with van der Waals surface area (Å²) in [6.45, 7) is 1.47. The van der Waals surface area contributed by atoms with E-state index in [1.54, 1.807) is 0 Å². The molecule has 3 aromatic rings. The van der Waals surface area contributed by atoms with Crippen molar-refractivity contribution >= 4 is 34.7 Å². The number of para-hydroxylation sites is 2. The Labute approximate surface area is 148 Å². The highest BCUT2D eigenvalue weighted by molar-refractivity contribution is 7.99. The largest absolute Gasteiger partial charge is 0.368 e. The Kier molecular flexibility index (Phi) is 4.31. The highest BCUT2D eigenvalue weighted by Crippen LogP contribution is 2.27. The predicted molar refractivity (Wildman–Crippen MR) is 96.2 cm³/mol. The maximum absolute atomic E-state index is 12.5. The molecule has 0 unspecified atom stereocenters. The smallest absolute Gasteiger partial charge is 0.233 e. The Balaban J connectivity index is 1.40. The number of H-pyrrole nitrogens is 2. The minimum absolute atomic E-state index is 0.0918. The van der Waals surface area contributed by atoms with Gasteiger partial charge in [-0.2, -0.15) is 4.98 Å². The number of likely N-dealkylation sites (tertiary alicyclic amines) is 1. The number of aromatic nitrogens is 5. The van der Waals surface area contributed by atoms with Gasteiger partial charge in [0.2, 0.25) is 17.0 Å². The summed E-state index contributed by atoms with van der Waals surface area (Å²) in [5.74, 6) is 1.87. The topological polar surface area (TPSA) is 117 Å². The van der Waals surface area contributed by atoms with Crippen LogP contribution in [-0.2, 0) is 4.79 Å². The van der Waals surface area contributed by atoms with Crippen LogP contribution in [0, 0.1) is 0 Å². The molecule has 1 atom stereocenters. The minimum atomic E-state index is 0.0918. The molecule has 8 nitrogen and oxygen atoms in total. The van der Waals surface area contributed by atoms with Gasteiger partial charge in [-0.1, -0.05) is 23.9 Å². The van der Waals surface area contributed by atoms with Gasteiger partial charge in [0.15, 0.2) is 0 Å². The van der Waals surface area contributed by atoms with Gasteiger partial charge in [0.25, 0.3) is 0 Å². The van der Waals surface area contributed by atoms with E-state index in [1.807, 2.05) is 29.2 Å². The molecule has 2 aromatic heterocycles. The maximum Gasteiger partial charge on any atom is 0.233 e. The summed E-state index contributed by atoms with van der Waals surface area (Å²) in [6.07, 6.45) is 2.01. The number of fused-ring (bicyclic) bond motifs is 1. The zero-order valence-electron chi connectivity index (χ0n) is 13.6. The fourth-order valence-corrected chi connectivity index (χ4v) is 3.84. The van der Waals surface area contributed by atoms with E-state index < -0.39 is 0 Å². The third kappa shape index (κ3) is 3.46. The van der Waals surface area contributed by atoms with Gasteiger partial charge < -0.3 is 15.6 Å². The highest BCUT2D eigenvalue weighted by atomic mass is 32.2. The van der Waals surface area contributed by atoms with Gasteiger partial charge >= 0.3 is 0 Å². The van der Waals surface area contributed by atoms with E-state index in [1.165, 1.54) is 11.8 Å². The number of hydrogen-bond acceptors (Lipinski definition) is 6. The zero-order chi connectivity index (χ0) is 17.2. The molecule has 1 aliphatic rings. The van der Waals surface area contributed by atoms with E-state index in [9.17, 15) is 4.79 Å². The van der Waals surface area contributed by atoms with E-state index in [2.05, 4.69) is 25.1 Å². The molecule has 4 N–H and O–H groups in total. The van der Waals surface area contributed by atoms with E-state index in [4.69, 9.17) is 5.73 Å². The molecule has 1 saturated heterocycles. The number of benzene rings is 1. The van der Waals surface area contributed by atoms with Crippen LogP contribution in [0.5, 0.6) is 0 Å². The van der Waals surface area contributed by atoms with Crippen molar-refractivity contribution in [1.82, 2.24) is 30.0 Å². The van der Waals surface area contributed by atoms with Crippen LogP contribution in [-0.4, -0.2) is 54.8 Å². The average molecular weight is 357 g/mol. The molecule has 9 heteroatoms. The lowest BCUT2D eigenvalue weighted by Gasteiger charge is -2.31. The second-order valence-corrected chi connectivity index (χ2v) is 7.05. The van der Waals surface area contributed by atoms with Crippen LogP contribution in [0.15, 0.2) is 29.4 Å². The summed E-state index contributed by atoms with van der Waals surface area (Å²) in [5, 5.41) is 7.00. The number of hydrogen-bond donors (Lipinski definition) is 3. The Morgan fingerprint density at radius 2 is 2.24 bits per heavy atom. The number of aromatic amines is 2. The predicted octanol–water partition coefficient (Wildman–Crippen LogP) is 1.76. The summed E-state index contributed by atoms with van der Waals surface area (Å²) in [6, 6.07) is 8.00. The van der Waals surface area contributed by atoms with Gasteiger partial charge in [-0.25, -0.2) is 10.1 Å². The lowest BCUT2D eigenvalue weighted by molar-refractivity contribution is -0.129. The van der Waals surface area contributed by atoms with Crippen LogP contribution in [0.4, 0.5) is 5.95 Å². The summed E-state index contributed by atoms with van der Waals surface area (Å²) < 4.78 is 0. The Bertz CT molecular complexity index is 856. The fourth-order valence-electron chi connectivity index (χ4n) is 3.13. The minimum Gasteiger partial charge on any atom is -0.368 e. The standard InChI is InChI=1S/C16H19N7OS/c17-15-20-16(22-21-15)25-9-13(24)23-7-3-4-10(8-23)14-18-11-5-1-2-6-12(11)19-14/h1-2,5-6,10H,3-4,7-9H2,(H,18,19)(H3,17,20,21,22)/t10-/m0/s1. The zero-order valence-corrected chi connectivity index (χ0v) is 14.4. The van der Waals surface area contributed by atoms with Crippen LogP contribution in [0.25, 0.3) is 11.0 Å². The second kappa shape index (κ2) is 6.75. The molecule has 1 fully saturated rings. The van der Waals surface area contributed by atoms with Crippen molar-refractivity contribution in [2.75, 3.05) is 24.6 Å². The summed E-state index contributed by atoms with van der Waals surface area (Å²) in [5.41, 5.74) is 7.51. The number of rotatable bonds is 4. The number of amides is 1. The molecule has 0 bridgehead atoms. The number of nitrogens with zero attached hydrogens (tertiary/aromatic N) is 4. The van der Waals surface area contributed by atoms with Gasteiger partial charge in [0, 0.05) is 19.0 Å². The Hall–Kier alpha value is -2.55. The van der Waals surface area contributed by atoms with Crippen molar-refractivity contribution in [1.29, 1.82) is 0 Å². The normalized spacial score (nSPS) is 17.9. The Morgan fingerprint density at radius 1 is 1.36 bits per heavy atom. The van der Waals surface area contributed by atoms with Crippen LogP contribution >= 0.6 is 11.8 Å². The van der Waals surface area contributed by atoms with E-state index in [0.717, 1.165) is 36.2 Å². The van der Waals surface area contributed by atoms with Gasteiger partial charge in [0.05, 0.1) is 16.8 Å². The molecule has 130 valence electrons. The first kappa shape index (κ1) is 15.9. The quantitative estimate of drug-likeness (QED) is 0.613. The van der Waals surface area contributed by atoms with Crippen molar-refractivity contribution in [2.24, 2.45) is 0 Å². The lowest BCUT2D eigenvalue weighted by atomic mass is 9.97. The first-order chi connectivity index (χ1) is 12.2. The van der Waals surface area contributed by atoms with Crippen LogP contribution in [0.1, 0.15) is 24.6 Å². The first-order valence-corrected chi connectivity index (χ1v) is 9.20. The van der Waals surface area contributed by atoms with Crippen molar-refractivity contribution in [3.63, 3.8) is 0 Å².